The molecule has 1 N–H and O–H groups in total. The number of carbonyl (C=O) groups is 1. The Hall–Kier alpha value is -1.55. The van der Waals surface area contributed by atoms with Crippen LogP contribution < -0.4 is 14.8 Å². The van der Waals surface area contributed by atoms with Gasteiger partial charge in [0.1, 0.15) is 6.29 Å². The van der Waals surface area contributed by atoms with Crippen LogP contribution in [-0.4, -0.2) is 34.1 Å². The van der Waals surface area contributed by atoms with Crippen molar-refractivity contribution in [1.82, 2.24) is 5.32 Å². The summed E-state index contributed by atoms with van der Waals surface area (Å²) in [6.45, 7) is 0.816. The fourth-order valence-corrected chi connectivity index (χ4v) is 1.52. The van der Waals surface area contributed by atoms with Gasteiger partial charge in [-0.1, -0.05) is 0 Å². The Morgan fingerprint density at radius 3 is 2.38 bits per heavy atom. The van der Waals surface area contributed by atoms with Gasteiger partial charge >= 0.3 is 0 Å². The van der Waals surface area contributed by atoms with Crippen LogP contribution in [0, 0.1) is 0 Å². The van der Waals surface area contributed by atoms with Crippen LogP contribution in [0.25, 0.3) is 0 Å². The summed E-state index contributed by atoms with van der Waals surface area (Å²) in [5.74, 6) is 1.23. The molecule has 0 saturated carbocycles. The minimum absolute atomic E-state index is 0.581. The molecule has 0 saturated heterocycles. The van der Waals surface area contributed by atoms with Gasteiger partial charge in [0.05, 0.1) is 14.2 Å². The van der Waals surface area contributed by atoms with E-state index in [1.54, 1.807) is 20.3 Å². The molecule has 4 nitrogen and oxygen atoms in total. The number of nitrogens with one attached hydrogen (secondary N) is 1. The Bertz CT molecular complexity index is 364. The van der Waals surface area contributed by atoms with Crippen molar-refractivity contribution in [2.75, 3.05) is 27.8 Å². The zero-order chi connectivity index (χ0) is 12.0. The molecule has 0 aromatic heterocycles. The molecule has 16 heavy (non-hydrogen) atoms. The van der Waals surface area contributed by atoms with E-state index in [1.807, 2.05) is 13.1 Å². The van der Waals surface area contributed by atoms with Crippen molar-refractivity contribution < 1.29 is 14.3 Å². The van der Waals surface area contributed by atoms with Gasteiger partial charge in [-0.2, -0.15) is 0 Å². The summed E-state index contributed by atoms with van der Waals surface area (Å²) >= 11 is 0. The number of hydrogen-bond acceptors (Lipinski definition) is 4. The van der Waals surface area contributed by atoms with Crippen LogP contribution >= 0.6 is 0 Å². The van der Waals surface area contributed by atoms with Crippen molar-refractivity contribution in [1.29, 1.82) is 0 Å². The third kappa shape index (κ3) is 2.73. The number of hydrogen-bond donors (Lipinski definition) is 1. The number of rotatable bonds is 6. The highest BCUT2D eigenvalue weighted by Gasteiger charge is 2.10. The maximum absolute atomic E-state index is 10.9. The second kappa shape index (κ2) is 6.12. The SMILES string of the molecule is CNCCc1cc(OC)c(OC)cc1C=O. The Labute approximate surface area is 95.6 Å². The molecule has 4 heteroatoms. The first-order chi connectivity index (χ1) is 7.76. The van der Waals surface area contributed by atoms with Crippen molar-refractivity contribution in [3.8, 4) is 11.5 Å². The molecule has 1 rings (SSSR count). The summed E-state index contributed by atoms with van der Waals surface area (Å²) in [5.41, 5.74) is 1.61. The maximum atomic E-state index is 10.9. The molecule has 0 amide bonds. The summed E-state index contributed by atoms with van der Waals surface area (Å²) < 4.78 is 10.3. The minimum Gasteiger partial charge on any atom is -0.493 e. The maximum Gasteiger partial charge on any atom is 0.161 e. The van der Waals surface area contributed by atoms with E-state index in [-0.39, 0.29) is 0 Å². The summed E-state index contributed by atoms with van der Waals surface area (Å²) in [4.78, 5) is 10.9. The van der Waals surface area contributed by atoms with Crippen molar-refractivity contribution in [2.45, 2.75) is 6.42 Å². The Balaban J connectivity index is 3.09. The second-order valence-corrected chi connectivity index (χ2v) is 3.38. The van der Waals surface area contributed by atoms with Crippen LogP contribution in [0.4, 0.5) is 0 Å². The lowest BCUT2D eigenvalue weighted by molar-refractivity contribution is 0.112. The number of methoxy groups -OCH3 is 2. The predicted octanol–water partition coefficient (Wildman–Crippen LogP) is 1.28. The highest BCUT2D eigenvalue weighted by molar-refractivity contribution is 5.79. The van der Waals surface area contributed by atoms with Crippen LogP contribution in [0.15, 0.2) is 12.1 Å². The molecule has 0 unspecified atom stereocenters. The first-order valence-corrected chi connectivity index (χ1v) is 5.11. The zero-order valence-corrected chi connectivity index (χ0v) is 9.87. The monoisotopic (exact) mass is 223 g/mol. The van der Waals surface area contributed by atoms with Gasteiger partial charge in [-0.05, 0) is 37.7 Å². The summed E-state index contributed by atoms with van der Waals surface area (Å²) in [6, 6.07) is 3.55. The number of likely N-dealkylation sites (N-methyl/N-ethyl adjacent to an activating group) is 1. The topological polar surface area (TPSA) is 47.6 Å². The summed E-state index contributed by atoms with van der Waals surface area (Å²) in [6.07, 6.45) is 1.62. The lowest BCUT2D eigenvalue weighted by atomic mass is 10.0. The van der Waals surface area contributed by atoms with E-state index >= 15 is 0 Å². The molecule has 0 atom stereocenters. The molecular weight excluding hydrogens is 206 g/mol. The lowest BCUT2D eigenvalue weighted by Gasteiger charge is -2.11. The fourth-order valence-electron chi connectivity index (χ4n) is 1.52. The zero-order valence-electron chi connectivity index (χ0n) is 9.87. The number of ether oxygens (including phenoxy) is 2. The minimum atomic E-state index is 0.581. The van der Waals surface area contributed by atoms with E-state index in [1.165, 1.54) is 0 Å². The normalized spacial score (nSPS) is 9.94. The van der Waals surface area contributed by atoms with Crippen LogP contribution in [-0.2, 0) is 6.42 Å². The first-order valence-electron chi connectivity index (χ1n) is 5.11. The molecule has 1 aromatic carbocycles. The standard InChI is InChI=1S/C12H17NO3/c1-13-5-4-9-6-11(15-2)12(16-3)7-10(9)8-14/h6-8,13H,4-5H2,1-3H3. The third-order valence-corrected chi connectivity index (χ3v) is 2.42. The molecular formula is C12H17NO3. The second-order valence-electron chi connectivity index (χ2n) is 3.38. The molecule has 0 fully saturated rings. The quantitative estimate of drug-likeness (QED) is 0.738. The summed E-state index contributed by atoms with van der Waals surface area (Å²) in [5, 5.41) is 3.05. The van der Waals surface area contributed by atoms with Gasteiger partial charge in [0.15, 0.2) is 11.5 Å². The van der Waals surface area contributed by atoms with Gasteiger partial charge in [-0.3, -0.25) is 4.79 Å². The first kappa shape index (κ1) is 12.5. The average Bonchev–Trinajstić information content (AvgIpc) is 2.35. The Kier molecular flexibility index (Phi) is 4.79. The largest absolute Gasteiger partial charge is 0.493 e. The van der Waals surface area contributed by atoms with Crippen molar-refractivity contribution in [3.05, 3.63) is 23.3 Å². The van der Waals surface area contributed by atoms with Gasteiger partial charge in [-0.15, -0.1) is 0 Å². The molecule has 0 radical (unpaired) electrons. The van der Waals surface area contributed by atoms with Crippen LogP contribution in [0.5, 0.6) is 11.5 Å². The highest BCUT2D eigenvalue weighted by atomic mass is 16.5. The lowest BCUT2D eigenvalue weighted by Crippen LogP contribution is -2.11. The van der Waals surface area contributed by atoms with E-state index in [4.69, 9.17) is 9.47 Å². The van der Waals surface area contributed by atoms with E-state index in [0.717, 1.165) is 24.8 Å². The van der Waals surface area contributed by atoms with Crippen LogP contribution in [0.3, 0.4) is 0 Å². The Morgan fingerprint density at radius 2 is 1.88 bits per heavy atom. The van der Waals surface area contributed by atoms with Crippen LogP contribution in [0.2, 0.25) is 0 Å². The van der Waals surface area contributed by atoms with Crippen molar-refractivity contribution >= 4 is 6.29 Å². The molecule has 0 aliphatic rings. The van der Waals surface area contributed by atoms with Gasteiger partial charge in [0, 0.05) is 5.56 Å². The predicted molar refractivity (Wildman–Crippen MR) is 62.6 cm³/mol. The van der Waals surface area contributed by atoms with E-state index in [9.17, 15) is 4.79 Å². The molecule has 0 spiro atoms. The third-order valence-electron chi connectivity index (χ3n) is 2.42. The smallest absolute Gasteiger partial charge is 0.161 e. The van der Waals surface area contributed by atoms with E-state index < -0.39 is 0 Å². The van der Waals surface area contributed by atoms with E-state index in [0.29, 0.717) is 17.1 Å². The van der Waals surface area contributed by atoms with Gasteiger partial charge in [-0.25, -0.2) is 0 Å². The molecule has 0 aliphatic heterocycles. The number of benzene rings is 1. The molecule has 88 valence electrons. The number of carbonyl (C=O) groups excluding carboxylic acids is 1. The molecule has 0 heterocycles. The number of aldehydes is 1. The van der Waals surface area contributed by atoms with Gasteiger partial charge in [0.2, 0.25) is 0 Å². The van der Waals surface area contributed by atoms with Gasteiger partial charge in [0.25, 0.3) is 0 Å². The van der Waals surface area contributed by atoms with Crippen molar-refractivity contribution in [3.63, 3.8) is 0 Å². The van der Waals surface area contributed by atoms with Gasteiger partial charge < -0.3 is 14.8 Å². The van der Waals surface area contributed by atoms with Crippen LogP contribution in [0.1, 0.15) is 15.9 Å². The molecule has 0 bridgehead atoms. The van der Waals surface area contributed by atoms with E-state index in [2.05, 4.69) is 5.32 Å². The van der Waals surface area contributed by atoms with Crippen molar-refractivity contribution in [2.24, 2.45) is 0 Å². The fraction of sp³-hybridized carbons (Fsp3) is 0.417. The highest BCUT2D eigenvalue weighted by Crippen LogP contribution is 2.30. The Morgan fingerprint density at radius 1 is 1.25 bits per heavy atom. The molecule has 0 aliphatic carbocycles. The molecule has 1 aromatic rings. The average molecular weight is 223 g/mol. The summed E-state index contributed by atoms with van der Waals surface area (Å²) in [7, 11) is 5.02.